The highest BCUT2D eigenvalue weighted by atomic mass is 32.2. The van der Waals surface area contributed by atoms with E-state index in [0.29, 0.717) is 0 Å². The maximum absolute atomic E-state index is 10.3. The smallest absolute Gasteiger partial charge is 0.212 e. The molecule has 0 aromatic heterocycles. The van der Waals surface area contributed by atoms with Gasteiger partial charge in [0.15, 0.2) is 0 Å². The van der Waals surface area contributed by atoms with Gasteiger partial charge in [-0.2, -0.15) is 16.8 Å². The predicted octanol–water partition coefficient (Wildman–Crippen LogP) is -0.525. The zero-order valence-electron chi connectivity index (χ0n) is 7.74. The second-order valence-electron chi connectivity index (χ2n) is 2.33. The number of rotatable bonds is 6. The van der Waals surface area contributed by atoms with Crippen LogP contribution in [0.15, 0.2) is 25.3 Å². The van der Waals surface area contributed by atoms with Crippen LogP contribution in [0.3, 0.4) is 0 Å². The standard InChI is InChI=1S/C8H10O5S2/c1-3-7(5-14(9)10)13-8(4-2)6-15(11)12/h3-8H,1-2H2. The SMILES string of the molecule is C=CC(C=S(=O)=O)OC(C=C)C=S(=O)=O. The number of hydrogen-bond acceptors (Lipinski definition) is 5. The van der Waals surface area contributed by atoms with Gasteiger partial charge in [0.1, 0.15) is 12.2 Å². The maximum Gasteiger partial charge on any atom is 0.212 e. The first-order valence-corrected chi connectivity index (χ1v) is 6.04. The Morgan fingerprint density at radius 2 is 1.20 bits per heavy atom. The van der Waals surface area contributed by atoms with Crippen molar-refractivity contribution in [2.45, 2.75) is 12.2 Å². The lowest BCUT2D eigenvalue weighted by molar-refractivity contribution is 0.127. The van der Waals surface area contributed by atoms with Crippen molar-refractivity contribution in [1.82, 2.24) is 0 Å². The van der Waals surface area contributed by atoms with Crippen molar-refractivity contribution in [2.24, 2.45) is 0 Å². The largest absolute Gasteiger partial charge is 0.357 e. The minimum absolute atomic E-state index is 0.852. The fraction of sp³-hybridized carbons (Fsp3) is 0.250. The second kappa shape index (κ2) is 7.16. The third kappa shape index (κ3) is 6.83. The fourth-order valence-corrected chi connectivity index (χ4v) is 1.48. The summed E-state index contributed by atoms with van der Waals surface area (Å²) >= 11 is 0. The van der Waals surface area contributed by atoms with E-state index in [0.717, 1.165) is 10.7 Å². The van der Waals surface area contributed by atoms with E-state index in [1.54, 1.807) is 0 Å². The fourth-order valence-electron chi connectivity index (χ4n) is 0.687. The Morgan fingerprint density at radius 1 is 0.867 bits per heavy atom. The van der Waals surface area contributed by atoms with Crippen molar-refractivity contribution in [3.05, 3.63) is 25.3 Å². The first-order chi connectivity index (χ1) is 6.99. The molecule has 0 bridgehead atoms. The van der Waals surface area contributed by atoms with Crippen molar-refractivity contribution in [3.63, 3.8) is 0 Å². The minimum atomic E-state index is -2.40. The van der Waals surface area contributed by atoms with Gasteiger partial charge in [0, 0.05) is 0 Å². The monoisotopic (exact) mass is 250 g/mol. The van der Waals surface area contributed by atoms with Crippen LogP contribution >= 0.6 is 0 Å². The van der Waals surface area contributed by atoms with Crippen LogP contribution in [0.25, 0.3) is 0 Å². The summed E-state index contributed by atoms with van der Waals surface area (Å²) in [5.41, 5.74) is 0. The lowest BCUT2D eigenvalue weighted by atomic mass is 10.3. The molecule has 15 heavy (non-hydrogen) atoms. The van der Waals surface area contributed by atoms with Crippen LogP contribution in [0.2, 0.25) is 0 Å². The van der Waals surface area contributed by atoms with Crippen LogP contribution in [0.1, 0.15) is 0 Å². The normalized spacial score (nSPS) is 13.3. The first-order valence-electron chi connectivity index (χ1n) is 3.76. The molecule has 5 nitrogen and oxygen atoms in total. The summed E-state index contributed by atoms with van der Waals surface area (Å²) in [7, 11) is -4.80. The van der Waals surface area contributed by atoms with E-state index in [1.165, 1.54) is 12.2 Å². The van der Waals surface area contributed by atoms with Gasteiger partial charge in [-0.3, -0.25) is 0 Å². The maximum atomic E-state index is 10.3. The van der Waals surface area contributed by atoms with Crippen LogP contribution in [-0.2, 0) is 25.3 Å². The first kappa shape index (κ1) is 13.8. The van der Waals surface area contributed by atoms with Crippen LogP contribution in [0.4, 0.5) is 0 Å². The van der Waals surface area contributed by atoms with Gasteiger partial charge >= 0.3 is 0 Å². The van der Waals surface area contributed by atoms with Crippen molar-refractivity contribution in [1.29, 1.82) is 0 Å². The molecule has 84 valence electrons. The quantitative estimate of drug-likeness (QED) is 0.468. The molecule has 0 N–H and O–H groups in total. The summed E-state index contributed by atoms with van der Waals surface area (Å²) in [6.45, 7) is 6.70. The van der Waals surface area contributed by atoms with Crippen molar-refractivity contribution in [3.8, 4) is 0 Å². The highest BCUT2D eigenvalue weighted by molar-refractivity contribution is 7.71. The van der Waals surface area contributed by atoms with E-state index < -0.39 is 32.8 Å². The highest BCUT2D eigenvalue weighted by Crippen LogP contribution is 1.97. The molecule has 0 rings (SSSR count). The lowest BCUT2D eigenvalue weighted by Gasteiger charge is -2.11. The summed E-state index contributed by atoms with van der Waals surface area (Å²) in [6, 6.07) is 0. The topological polar surface area (TPSA) is 77.5 Å². The summed E-state index contributed by atoms with van der Waals surface area (Å²) in [6.07, 6.45) is 0.694. The molecular weight excluding hydrogens is 240 g/mol. The molecule has 0 spiro atoms. The number of hydrogen-bond donors (Lipinski definition) is 0. The average Bonchev–Trinajstić information content (AvgIpc) is 2.14. The average molecular weight is 250 g/mol. The van der Waals surface area contributed by atoms with Gasteiger partial charge in [0.25, 0.3) is 0 Å². The molecule has 0 saturated carbocycles. The van der Waals surface area contributed by atoms with E-state index in [-0.39, 0.29) is 0 Å². The molecule has 0 fully saturated rings. The Balaban J connectivity index is 4.80. The molecule has 0 aliphatic rings. The molecule has 2 unspecified atom stereocenters. The van der Waals surface area contributed by atoms with Crippen LogP contribution in [0.5, 0.6) is 0 Å². The summed E-state index contributed by atoms with van der Waals surface area (Å²) in [4.78, 5) is 0. The summed E-state index contributed by atoms with van der Waals surface area (Å²) < 4.78 is 46.3. The molecule has 0 aliphatic heterocycles. The molecule has 0 aromatic carbocycles. The van der Waals surface area contributed by atoms with E-state index in [2.05, 4.69) is 13.2 Å². The summed E-state index contributed by atoms with van der Waals surface area (Å²) in [5, 5.41) is 1.70. The zero-order valence-corrected chi connectivity index (χ0v) is 9.37. The molecule has 2 atom stereocenters. The van der Waals surface area contributed by atoms with Gasteiger partial charge < -0.3 is 4.74 Å². The molecule has 0 heterocycles. The van der Waals surface area contributed by atoms with Crippen LogP contribution in [-0.4, -0.2) is 39.8 Å². The Hall–Kier alpha value is -1.18. The van der Waals surface area contributed by atoms with E-state index in [1.807, 2.05) is 0 Å². The Labute approximate surface area is 90.8 Å². The summed E-state index contributed by atoms with van der Waals surface area (Å²) in [5.74, 6) is 0. The molecular formula is C8H10O5S2. The third-order valence-electron chi connectivity index (χ3n) is 1.27. The van der Waals surface area contributed by atoms with Crippen molar-refractivity contribution in [2.75, 3.05) is 0 Å². The highest BCUT2D eigenvalue weighted by Gasteiger charge is 2.08. The number of ether oxygens (including phenoxy) is 1. The molecule has 0 saturated heterocycles. The van der Waals surface area contributed by atoms with Crippen LogP contribution in [0, 0.1) is 0 Å². The second-order valence-corrected chi connectivity index (χ2v) is 3.92. The zero-order chi connectivity index (χ0) is 11.8. The van der Waals surface area contributed by atoms with Crippen molar-refractivity contribution < 1.29 is 21.6 Å². The van der Waals surface area contributed by atoms with Crippen molar-refractivity contribution >= 4 is 31.3 Å². The molecule has 0 aromatic rings. The molecule has 0 aliphatic carbocycles. The Bertz CT molecular complexity index is 421. The van der Waals surface area contributed by atoms with Gasteiger partial charge in [0.2, 0.25) is 20.6 Å². The lowest BCUT2D eigenvalue weighted by Crippen LogP contribution is -2.21. The Morgan fingerprint density at radius 3 is 1.40 bits per heavy atom. The molecule has 0 radical (unpaired) electrons. The van der Waals surface area contributed by atoms with Gasteiger partial charge in [-0.05, 0) is 0 Å². The molecule has 7 heteroatoms. The van der Waals surface area contributed by atoms with Gasteiger partial charge in [0.05, 0.1) is 10.7 Å². The van der Waals surface area contributed by atoms with Crippen LogP contribution < -0.4 is 0 Å². The Kier molecular flexibility index (Phi) is 6.59. The predicted molar refractivity (Wildman–Crippen MR) is 59.0 cm³/mol. The third-order valence-corrected chi connectivity index (χ3v) is 2.25. The van der Waals surface area contributed by atoms with Gasteiger partial charge in [-0.25, -0.2) is 0 Å². The van der Waals surface area contributed by atoms with E-state index in [4.69, 9.17) is 4.74 Å². The van der Waals surface area contributed by atoms with Gasteiger partial charge in [-0.15, -0.1) is 13.2 Å². The van der Waals surface area contributed by atoms with E-state index in [9.17, 15) is 16.8 Å². The molecule has 0 amide bonds. The van der Waals surface area contributed by atoms with Gasteiger partial charge in [-0.1, -0.05) is 12.2 Å². The van der Waals surface area contributed by atoms with E-state index >= 15 is 0 Å². The minimum Gasteiger partial charge on any atom is -0.357 e.